The number of hydrogen-bond acceptors (Lipinski definition) is 1. The molecular weight excluding hydrogens is 328 g/mol. The monoisotopic (exact) mass is 354 g/mol. The quantitative estimate of drug-likeness (QED) is 0.671. The van der Waals surface area contributed by atoms with Crippen molar-refractivity contribution in [2.75, 3.05) is 19.6 Å². The minimum Gasteiger partial charge on any atom is -0.361 e. The number of hydrogen-bond donors (Lipinski definition) is 1. The molecular formula is C22H27ClN2. The van der Waals surface area contributed by atoms with Crippen LogP contribution in [0.2, 0.25) is 0 Å². The molecule has 3 heteroatoms. The molecule has 0 amide bonds. The predicted molar refractivity (Wildman–Crippen MR) is 109 cm³/mol. The minimum absolute atomic E-state index is 0. The third-order valence-electron chi connectivity index (χ3n) is 5.49. The van der Waals surface area contributed by atoms with E-state index in [0.717, 1.165) is 6.42 Å². The van der Waals surface area contributed by atoms with E-state index in [4.69, 9.17) is 0 Å². The van der Waals surface area contributed by atoms with Crippen molar-refractivity contribution in [2.24, 2.45) is 0 Å². The van der Waals surface area contributed by atoms with Crippen LogP contribution in [0.5, 0.6) is 0 Å². The molecule has 3 aromatic rings. The Labute approximate surface area is 156 Å². The van der Waals surface area contributed by atoms with Gasteiger partial charge in [-0.05, 0) is 62.4 Å². The van der Waals surface area contributed by atoms with Crippen molar-refractivity contribution in [3.05, 3.63) is 71.4 Å². The Kier molecular flexibility index (Phi) is 5.82. The van der Waals surface area contributed by atoms with Crippen LogP contribution < -0.4 is 0 Å². The number of nitrogens with one attached hydrogen (secondary N) is 1. The van der Waals surface area contributed by atoms with Crippen molar-refractivity contribution in [1.29, 1.82) is 0 Å². The maximum Gasteiger partial charge on any atom is 0.0456 e. The van der Waals surface area contributed by atoms with Crippen LogP contribution in [0, 0.1) is 6.92 Å². The lowest BCUT2D eigenvalue weighted by Crippen LogP contribution is -2.34. The number of aromatic nitrogens is 1. The first-order valence-electron chi connectivity index (χ1n) is 9.13. The molecule has 0 atom stereocenters. The zero-order valence-corrected chi connectivity index (χ0v) is 15.7. The van der Waals surface area contributed by atoms with Crippen LogP contribution in [0.4, 0.5) is 0 Å². The highest BCUT2D eigenvalue weighted by Crippen LogP contribution is 2.33. The summed E-state index contributed by atoms with van der Waals surface area (Å²) in [5, 5.41) is 1.41. The molecule has 0 saturated carbocycles. The normalized spacial score (nSPS) is 16.0. The molecule has 1 saturated heterocycles. The van der Waals surface area contributed by atoms with Gasteiger partial charge in [0.25, 0.3) is 0 Å². The summed E-state index contributed by atoms with van der Waals surface area (Å²) in [7, 11) is 0. The summed E-state index contributed by atoms with van der Waals surface area (Å²) in [6, 6.07) is 17.7. The van der Waals surface area contributed by atoms with Gasteiger partial charge >= 0.3 is 0 Å². The Bertz CT molecular complexity index is 798. The average molecular weight is 355 g/mol. The van der Waals surface area contributed by atoms with Gasteiger partial charge in [-0.15, -0.1) is 12.4 Å². The van der Waals surface area contributed by atoms with Gasteiger partial charge in [-0.25, -0.2) is 0 Å². The van der Waals surface area contributed by atoms with Crippen LogP contribution in [-0.4, -0.2) is 29.5 Å². The van der Waals surface area contributed by atoms with E-state index in [1.165, 1.54) is 60.1 Å². The summed E-state index contributed by atoms with van der Waals surface area (Å²) in [6.07, 6.45) is 5.95. The highest BCUT2D eigenvalue weighted by Gasteiger charge is 2.22. The molecule has 0 spiro atoms. The molecule has 4 rings (SSSR count). The highest BCUT2D eigenvalue weighted by molar-refractivity contribution is 5.85. The van der Waals surface area contributed by atoms with Crippen molar-refractivity contribution >= 4 is 23.3 Å². The molecule has 0 radical (unpaired) electrons. The van der Waals surface area contributed by atoms with Crippen LogP contribution in [0.1, 0.15) is 35.4 Å². The second kappa shape index (κ2) is 8.07. The van der Waals surface area contributed by atoms with Crippen molar-refractivity contribution < 1.29 is 0 Å². The number of H-pyrrole nitrogens is 1. The molecule has 2 nitrogen and oxygen atoms in total. The smallest absolute Gasteiger partial charge is 0.0456 e. The second-order valence-corrected chi connectivity index (χ2v) is 7.14. The molecule has 1 aromatic heterocycles. The molecule has 1 N–H and O–H groups in total. The zero-order chi connectivity index (χ0) is 16.4. The number of piperidine rings is 1. The van der Waals surface area contributed by atoms with Gasteiger partial charge in [-0.1, -0.05) is 48.0 Å². The number of likely N-dealkylation sites (tertiary alicyclic amines) is 1. The number of para-hydroxylation sites is 1. The molecule has 0 unspecified atom stereocenters. The number of halogens is 1. The van der Waals surface area contributed by atoms with E-state index in [9.17, 15) is 0 Å². The van der Waals surface area contributed by atoms with Gasteiger partial charge in [0.1, 0.15) is 0 Å². The van der Waals surface area contributed by atoms with Crippen molar-refractivity contribution in [1.82, 2.24) is 9.88 Å². The van der Waals surface area contributed by atoms with E-state index in [2.05, 4.69) is 71.5 Å². The Balaban J connectivity index is 0.00000182. The average Bonchev–Trinajstić information content (AvgIpc) is 3.06. The van der Waals surface area contributed by atoms with Crippen LogP contribution >= 0.6 is 12.4 Å². The molecule has 0 bridgehead atoms. The summed E-state index contributed by atoms with van der Waals surface area (Å²) in [5.74, 6) is 0.705. The topological polar surface area (TPSA) is 19.0 Å². The van der Waals surface area contributed by atoms with Crippen LogP contribution in [-0.2, 0) is 6.42 Å². The SMILES string of the molecule is Cc1ccc(CCN2CCC(c3c[nH]c4ccccc34)CC2)cc1.Cl. The maximum atomic E-state index is 3.43. The van der Waals surface area contributed by atoms with Gasteiger partial charge in [-0.3, -0.25) is 0 Å². The van der Waals surface area contributed by atoms with Crippen LogP contribution in [0.25, 0.3) is 10.9 Å². The Morgan fingerprint density at radius 1 is 1.00 bits per heavy atom. The van der Waals surface area contributed by atoms with Gasteiger partial charge in [0.05, 0.1) is 0 Å². The molecule has 2 aromatic carbocycles. The molecule has 25 heavy (non-hydrogen) atoms. The lowest BCUT2D eigenvalue weighted by atomic mass is 9.89. The first-order chi connectivity index (χ1) is 11.8. The molecule has 2 heterocycles. The number of rotatable bonds is 4. The van der Waals surface area contributed by atoms with Crippen LogP contribution in [0.15, 0.2) is 54.7 Å². The fourth-order valence-corrected chi connectivity index (χ4v) is 3.94. The van der Waals surface area contributed by atoms with Gasteiger partial charge < -0.3 is 9.88 Å². The fraction of sp³-hybridized carbons (Fsp3) is 0.364. The largest absolute Gasteiger partial charge is 0.361 e. The molecule has 1 fully saturated rings. The molecule has 0 aliphatic carbocycles. The van der Waals surface area contributed by atoms with E-state index in [-0.39, 0.29) is 12.4 Å². The number of benzene rings is 2. The zero-order valence-electron chi connectivity index (χ0n) is 14.9. The summed E-state index contributed by atoms with van der Waals surface area (Å²) in [4.78, 5) is 6.06. The van der Waals surface area contributed by atoms with E-state index in [1.54, 1.807) is 0 Å². The Morgan fingerprint density at radius 2 is 1.72 bits per heavy atom. The third kappa shape index (κ3) is 4.08. The number of nitrogens with zero attached hydrogens (tertiary/aromatic N) is 1. The minimum atomic E-state index is 0. The first-order valence-corrected chi connectivity index (χ1v) is 9.13. The Morgan fingerprint density at radius 3 is 2.48 bits per heavy atom. The summed E-state index contributed by atoms with van der Waals surface area (Å²) < 4.78 is 0. The molecule has 1 aliphatic heterocycles. The summed E-state index contributed by atoms with van der Waals surface area (Å²) in [6.45, 7) is 5.77. The van der Waals surface area contributed by atoms with E-state index in [0.29, 0.717) is 5.92 Å². The van der Waals surface area contributed by atoms with Crippen molar-refractivity contribution in [2.45, 2.75) is 32.1 Å². The second-order valence-electron chi connectivity index (χ2n) is 7.14. The lowest BCUT2D eigenvalue weighted by molar-refractivity contribution is 0.215. The van der Waals surface area contributed by atoms with Crippen LogP contribution in [0.3, 0.4) is 0 Å². The first kappa shape index (κ1) is 18.0. The number of aryl methyl sites for hydroxylation is 1. The Hall–Kier alpha value is -1.77. The predicted octanol–water partition coefficient (Wildman–Crippen LogP) is 5.32. The number of aromatic amines is 1. The fourth-order valence-electron chi connectivity index (χ4n) is 3.94. The maximum absolute atomic E-state index is 3.43. The molecule has 132 valence electrons. The summed E-state index contributed by atoms with van der Waals surface area (Å²) >= 11 is 0. The molecule has 1 aliphatic rings. The highest BCUT2D eigenvalue weighted by atomic mass is 35.5. The summed E-state index contributed by atoms with van der Waals surface area (Å²) in [5.41, 5.74) is 5.59. The van der Waals surface area contributed by atoms with Crippen molar-refractivity contribution in [3.63, 3.8) is 0 Å². The van der Waals surface area contributed by atoms with E-state index >= 15 is 0 Å². The number of fused-ring (bicyclic) bond motifs is 1. The standard InChI is InChI=1S/C22H26N2.ClH/c1-17-6-8-18(9-7-17)10-13-24-14-11-19(12-15-24)21-16-23-22-5-3-2-4-20(21)22;/h2-9,16,19,23H,10-15H2,1H3;1H. The van der Waals surface area contributed by atoms with Crippen molar-refractivity contribution in [3.8, 4) is 0 Å². The lowest BCUT2D eigenvalue weighted by Gasteiger charge is -2.32. The third-order valence-corrected chi connectivity index (χ3v) is 5.49. The van der Waals surface area contributed by atoms with Gasteiger partial charge in [0.15, 0.2) is 0 Å². The van der Waals surface area contributed by atoms with E-state index in [1.807, 2.05) is 0 Å². The van der Waals surface area contributed by atoms with Gasteiger partial charge in [-0.2, -0.15) is 0 Å². The van der Waals surface area contributed by atoms with Gasteiger partial charge in [0.2, 0.25) is 0 Å². The van der Waals surface area contributed by atoms with E-state index < -0.39 is 0 Å². The van der Waals surface area contributed by atoms with Gasteiger partial charge in [0, 0.05) is 23.6 Å².